The summed E-state index contributed by atoms with van der Waals surface area (Å²) >= 11 is 0. The van der Waals surface area contributed by atoms with Gasteiger partial charge < -0.3 is 10.8 Å². The van der Waals surface area contributed by atoms with E-state index in [0.29, 0.717) is 0 Å². The molecule has 0 aliphatic carbocycles. The van der Waals surface area contributed by atoms with Crippen molar-refractivity contribution in [2.45, 2.75) is 18.3 Å². The molecule has 3 N–H and O–H groups in total. The fourth-order valence-corrected chi connectivity index (χ4v) is 1.06. The van der Waals surface area contributed by atoms with Crippen molar-refractivity contribution >= 4 is 0 Å². The normalized spacial score (nSPS) is 16.4. The van der Waals surface area contributed by atoms with Gasteiger partial charge >= 0.3 is 6.18 Å². The van der Waals surface area contributed by atoms with Crippen LogP contribution in [0.25, 0.3) is 0 Å². The lowest BCUT2D eigenvalue weighted by molar-refractivity contribution is -0.210. The maximum Gasteiger partial charge on any atom is 0.416 e. The Hall–Kier alpha value is -1.07. The number of halogens is 3. The number of alkyl halides is 3. The van der Waals surface area contributed by atoms with Crippen molar-refractivity contribution in [2.75, 3.05) is 0 Å². The molecule has 1 aromatic rings. The zero-order valence-corrected chi connectivity index (χ0v) is 7.20. The van der Waals surface area contributed by atoms with Crippen LogP contribution in [0.3, 0.4) is 0 Å². The number of aliphatic hydroxyl groups excluding tert-OH is 1. The summed E-state index contributed by atoms with van der Waals surface area (Å²) in [4.78, 5) is 0. The van der Waals surface area contributed by atoms with E-state index in [1.54, 1.807) is 18.2 Å². The van der Waals surface area contributed by atoms with Crippen LogP contribution in [0.1, 0.15) is 11.6 Å². The molecule has 0 heterocycles. The Kier molecular flexibility index (Phi) is 3.13. The molecule has 0 saturated carbocycles. The fourth-order valence-electron chi connectivity index (χ4n) is 1.06. The molecule has 1 rings (SSSR count). The molecule has 78 valence electrons. The molecule has 0 aliphatic rings. The van der Waals surface area contributed by atoms with Crippen LogP contribution in [0, 0.1) is 0 Å². The van der Waals surface area contributed by atoms with Crippen LogP contribution in [0.4, 0.5) is 13.2 Å². The molecular formula is C9H10F3NO. The van der Waals surface area contributed by atoms with E-state index in [0.717, 1.165) is 0 Å². The average Bonchev–Trinajstić information content (AvgIpc) is 2.15. The molecule has 0 aromatic heterocycles. The molecule has 14 heavy (non-hydrogen) atoms. The number of aliphatic hydroxyl groups is 1. The molecule has 0 saturated heterocycles. The molecule has 0 spiro atoms. The largest absolute Gasteiger partial charge is 0.416 e. The Morgan fingerprint density at radius 2 is 1.64 bits per heavy atom. The highest BCUT2D eigenvalue weighted by Gasteiger charge is 2.42. The predicted molar refractivity (Wildman–Crippen MR) is 45.4 cm³/mol. The summed E-state index contributed by atoms with van der Waals surface area (Å²) in [5.74, 6) is 0. The smallest absolute Gasteiger partial charge is 0.382 e. The number of hydrogen-bond donors (Lipinski definition) is 2. The SMILES string of the molecule is N[C@@H](c1ccccc1)[C@H](O)C(F)(F)F. The maximum atomic E-state index is 12.1. The van der Waals surface area contributed by atoms with Crippen LogP contribution in [0.5, 0.6) is 0 Å². The highest BCUT2D eigenvalue weighted by atomic mass is 19.4. The van der Waals surface area contributed by atoms with E-state index in [1.165, 1.54) is 12.1 Å². The van der Waals surface area contributed by atoms with E-state index in [1.807, 2.05) is 0 Å². The van der Waals surface area contributed by atoms with Gasteiger partial charge in [-0.3, -0.25) is 0 Å². The van der Waals surface area contributed by atoms with Crippen molar-refractivity contribution in [1.82, 2.24) is 0 Å². The van der Waals surface area contributed by atoms with Crippen LogP contribution < -0.4 is 5.73 Å². The van der Waals surface area contributed by atoms with Crippen LogP contribution in [0.2, 0.25) is 0 Å². The predicted octanol–water partition coefficient (Wildman–Crippen LogP) is 1.61. The molecule has 0 unspecified atom stereocenters. The van der Waals surface area contributed by atoms with Gasteiger partial charge in [-0.25, -0.2) is 0 Å². The highest BCUT2D eigenvalue weighted by molar-refractivity contribution is 5.19. The van der Waals surface area contributed by atoms with Gasteiger partial charge in [0.2, 0.25) is 0 Å². The van der Waals surface area contributed by atoms with Crippen LogP contribution >= 0.6 is 0 Å². The van der Waals surface area contributed by atoms with E-state index < -0.39 is 18.3 Å². The number of rotatable bonds is 2. The standard InChI is InChI=1S/C9H10F3NO/c10-9(11,12)8(14)7(13)6-4-2-1-3-5-6/h1-5,7-8,14H,13H2/t7-,8-/m0/s1. The molecular weight excluding hydrogens is 195 g/mol. The molecule has 2 atom stereocenters. The van der Waals surface area contributed by atoms with Gasteiger partial charge in [-0.15, -0.1) is 0 Å². The van der Waals surface area contributed by atoms with E-state index in [4.69, 9.17) is 10.8 Å². The van der Waals surface area contributed by atoms with Crippen molar-refractivity contribution in [3.05, 3.63) is 35.9 Å². The summed E-state index contributed by atoms with van der Waals surface area (Å²) in [6.45, 7) is 0. The van der Waals surface area contributed by atoms with E-state index in [2.05, 4.69) is 0 Å². The lowest BCUT2D eigenvalue weighted by Gasteiger charge is -2.21. The summed E-state index contributed by atoms with van der Waals surface area (Å²) in [5, 5.41) is 8.86. The Bertz CT molecular complexity index is 286. The third-order valence-corrected chi connectivity index (χ3v) is 1.86. The summed E-state index contributed by atoms with van der Waals surface area (Å²) in [5.41, 5.74) is 5.52. The lowest BCUT2D eigenvalue weighted by atomic mass is 10.0. The van der Waals surface area contributed by atoms with E-state index in [9.17, 15) is 13.2 Å². The molecule has 0 fully saturated rings. The Morgan fingerprint density at radius 3 is 2.07 bits per heavy atom. The third kappa shape index (κ3) is 2.46. The summed E-state index contributed by atoms with van der Waals surface area (Å²) in [6.07, 6.45) is -7.21. The lowest BCUT2D eigenvalue weighted by Crippen LogP contribution is -2.38. The number of benzene rings is 1. The fraction of sp³-hybridized carbons (Fsp3) is 0.333. The zero-order valence-electron chi connectivity index (χ0n) is 7.20. The van der Waals surface area contributed by atoms with E-state index >= 15 is 0 Å². The molecule has 0 aliphatic heterocycles. The van der Waals surface area contributed by atoms with Gasteiger partial charge in [0.05, 0.1) is 6.04 Å². The van der Waals surface area contributed by atoms with Gasteiger partial charge in [-0.05, 0) is 5.56 Å². The van der Waals surface area contributed by atoms with E-state index in [-0.39, 0.29) is 5.56 Å². The zero-order chi connectivity index (χ0) is 10.8. The first kappa shape index (κ1) is 11.0. The first-order valence-electron chi connectivity index (χ1n) is 3.98. The van der Waals surface area contributed by atoms with Gasteiger partial charge in [-0.2, -0.15) is 13.2 Å². The van der Waals surface area contributed by atoms with Crippen molar-refractivity contribution in [3.63, 3.8) is 0 Å². The third-order valence-electron chi connectivity index (χ3n) is 1.86. The highest BCUT2D eigenvalue weighted by Crippen LogP contribution is 2.28. The van der Waals surface area contributed by atoms with Crippen LogP contribution in [-0.4, -0.2) is 17.4 Å². The molecule has 2 nitrogen and oxygen atoms in total. The first-order chi connectivity index (χ1) is 6.43. The van der Waals surface area contributed by atoms with Crippen molar-refractivity contribution in [1.29, 1.82) is 0 Å². The topological polar surface area (TPSA) is 46.2 Å². The second-order valence-electron chi connectivity index (χ2n) is 2.92. The maximum absolute atomic E-state index is 12.1. The minimum atomic E-state index is -4.69. The molecule has 1 aromatic carbocycles. The minimum absolute atomic E-state index is 0.261. The Balaban J connectivity index is 2.81. The second-order valence-corrected chi connectivity index (χ2v) is 2.92. The monoisotopic (exact) mass is 205 g/mol. The van der Waals surface area contributed by atoms with Crippen molar-refractivity contribution in [3.8, 4) is 0 Å². The second kappa shape index (κ2) is 3.98. The molecule has 0 amide bonds. The Morgan fingerprint density at radius 1 is 1.14 bits per heavy atom. The average molecular weight is 205 g/mol. The summed E-state index contributed by atoms with van der Waals surface area (Å²) < 4.78 is 36.2. The van der Waals surface area contributed by atoms with Crippen LogP contribution in [0.15, 0.2) is 30.3 Å². The first-order valence-corrected chi connectivity index (χ1v) is 3.98. The molecule has 0 bridgehead atoms. The van der Waals surface area contributed by atoms with Gasteiger partial charge in [-0.1, -0.05) is 30.3 Å². The van der Waals surface area contributed by atoms with Crippen LogP contribution in [-0.2, 0) is 0 Å². The van der Waals surface area contributed by atoms with Crippen molar-refractivity contribution in [2.24, 2.45) is 5.73 Å². The number of hydrogen-bond acceptors (Lipinski definition) is 2. The quantitative estimate of drug-likeness (QED) is 0.770. The molecule has 5 heteroatoms. The van der Waals surface area contributed by atoms with Gasteiger partial charge in [0.25, 0.3) is 0 Å². The van der Waals surface area contributed by atoms with Gasteiger partial charge in [0.15, 0.2) is 6.10 Å². The van der Waals surface area contributed by atoms with Gasteiger partial charge in [0.1, 0.15) is 0 Å². The summed E-state index contributed by atoms with van der Waals surface area (Å²) in [7, 11) is 0. The molecule has 0 radical (unpaired) electrons. The minimum Gasteiger partial charge on any atom is -0.382 e. The summed E-state index contributed by atoms with van der Waals surface area (Å²) in [6, 6.07) is 6.25. The van der Waals surface area contributed by atoms with Crippen molar-refractivity contribution < 1.29 is 18.3 Å². The van der Waals surface area contributed by atoms with Gasteiger partial charge in [0, 0.05) is 0 Å². The number of nitrogens with two attached hydrogens (primary N) is 1. The Labute approximate surface area is 79.2 Å².